The fourth-order valence-electron chi connectivity index (χ4n) is 3.03. The van der Waals surface area contributed by atoms with E-state index in [0.29, 0.717) is 17.0 Å². The highest BCUT2D eigenvalue weighted by Crippen LogP contribution is 2.32. The van der Waals surface area contributed by atoms with Crippen LogP contribution in [0.1, 0.15) is 15.9 Å². The molecule has 0 aromatic heterocycles. The summed E-state index contributed by atoms with van der Waals surface area (Å²) in [7, 11) is 0.0933. The highest BCUT2D eigenvalue weighted by atomic mass is 35.5. The topological polar surface area (TPSA) is 82.1 Å². The predicted molar refractivity (Wildman–Crippen MR) is 122 cm³/mol. The lowest BCUT2D eigenvalue weighted by Gasteiger charge is -2.22. The monoisotopic (exact) mass is 493 g/mol. The third-order valence-corrected chi connectivity index (χ3v) is 6.92. The Morgan fingerprint density at radius 3 is 2.36 bits per heavy atom. The van der Waals surface area contributed by atoms with Gasteiger partial charge in [0, 0.05) is 7.05 Å². The van der Waals surface area contributed by atoms with E-state index in [2.05, 4.69) is 0 Å². The molecule has 0 bridgehead atoms. The van der Waals surface area contributed by atoms with Crippen LogP contribution in [0.2, 0.25) is 5.02 Å². The van der Waals surface area contributed by atoms with Gasteiger partial charge < -0.3 is 14.2 Å². The average Bonchev–Trinajstić information content (AvgIpc) is 2.82. The van der Waals surface area contributed by atoms with Crippen LogP contribution >= 0.6 is 11.6 Å². The van der Waals surface area contributed by atoms with Crippen molar-refractivity contribution in [2.75, 3.05) is 25.6 Å². The van der Waals surface area contributed by atoms with Crippen LogP contribution in [0.15, 0.2) is 65.6 Å². The Labute approximate surface area is 196 Å². The number of hydrogen-bond acceptors (Lipinski definition) is 6. The van der Waals surface area contributed by atoms with Crippen molar-refractivity contribution in [3.05, 3.63) is 82.6 Å². The summed E-state index contributed by atoms with van der Waals surface area (Å²) >= 11 is 6.13. The molecule has 0 amide bonds. The molecule has 0 saturated carbocycles. The third-order valence-electron chi connectivity index (χ3n) is 4.83. The molecular formula is C23H21ClFNO6S. The number of nitrogens with zero attached hydrogens (tertiary/aromatic N) is 1. The first kappa shape index (κ1) is 24.3. The summed E-state index contributed by atoms with van der Waals surface area (Å²) in [4.78, 5) is 12.4. The Kier molecular flexibility index (Phi) is 7.45. The van der Waals surface area contributed by atoms with Crippen LogP contribution in [-0.2, 0) is 21.4 Å². The Morgan fingerprint density at radius 2 is 1.70 bits per heavy atom. The molecule has 0 fully saturated rings. The number of para-hydroxylation sites is 2. The van der Waals surface area contributed by atoms with Crippen LogP contribution in [-0.4, -0.2) is 35.7 Å². The van der Waals surface area contributed by atoms with Gasteiger partial charge in [-0.2, -0.15) is 0 Å². The fourth-order valence-corrected chi connectivity index (χ4v) is 4.45. The number of hydrogen-bond donors (Lipinski definition) is 0. The first-order valence-corrected chi connectivity index (χ1v) is 11.4. The van der Waals surface area contributed by atoms with E-state index in [1.165, 1.54) is 45.5 Å². The van der Waals surface area contributed by atoms with Gasteiger partial charge in [-0.25, -0.2) is 17.6 Å². The molecule has 174 valence electrons. The number of carbonyl (C=O) groups excluding carboxylic acids is 1. The van der Waals surface area contributed by atoms with Gasteiger partial charge in [0.2, 0.25) is 0 Å². The number of sulfonamides is 1. The standard InChI is InChI=1S/C23H21ClFNO6S/c1-26(20-6-4-5-7-22(20)31-3)33(28,29)16-9-10-18(24)17(13-16)23(27)32-14-15-8-11-21(30-2)19(25)12-15/h4-13H,14H2,1-3H3. The molecular weight excluding hydrogens is 473 g/mol. The van der Waals surface area contributed by atoms with Crippen molar-refractivity contribution in [3.63, 3.8) is 0 Å². The molecule has 10 heteroatoms. The van der Waals surface area contributed by atoms with Gasteiger partial charge in [0.15, 0.2) is 11.6 Å². The number of ether oxygens (including phenoxy) is 3. The Hall–Kier alpha value is -3.30. The van der Waals surface area contributed by atoms with Crippen molar-refractivity contribution < 1.29 is 31.8 Å². The second kappa shape index (κ2) is 10.1. The van der Waals surface area contributed by atoms with Gasteiger partial charge in [0.25, 0.3) is 10.0 Å². The lowest BCUT2D eigenvalue weighted by molar-refractivity contribution is 0.0472. The molecule has 3 rings (SSSR count). The van der Waals surface area contributed by atoms with E-state index in [1.54, 1.807) is 30.3 Å². The van der Waals surface area contributed by atoms with Crippen LogP contribution in [0.4, 0.5) is 10.1 Å². The Morgan fingerprint density at radius 1 is 1.00 bits per heavy atom. The zero-order valence-corrected chi connectivity index (χ0v) is 19.6. The largest absolute Gasteiger partial charge is 0.495 e. The number of methoxy groups -OCH3 is 2. The predicted octanol–water partition coefficient (Wildman–Crippen LogP) is 4.68. The lowest BCUT2D eigenvalue weighted by Crippen LogP contribution is -2.27. The molecule has 0 N–H and O–H groups in total. The quantitative estimate of drug-likeness (QED) is 0.424. The molecule has 0 aliphatic rings. The van der Waals surface area contributed by atoms with E-state index in [0.717, 1.165) is 10.4 Å². The van der Waals surface area contributed by atoms with E-state index in [-0.39, 0.29) is 27.8 Å². The van der Waals surface area contributed by atoms with Crippen molar-refractivity contribution in [1.29, 1.82) is 0 Å². The van der Waals surface area contributed by atoms with Crippen molar-refractivity contribution in [3.8, 4) is 11.5 Å². The Balaban J connectivity index is 1.85. The number of rotatable bonds is 8. The SMILES string of the molecule is COc1ccc(COC(=O)c2cc(S(=O)(=O)N(C)c3ccccc3OC)ccc2Cl)cc1F. The first-order valence-electron chi connectivity index (χ1n) is 9.60. The number of halogens is 2. The van der Waals surface area contributed by atoms with Crippen molar-refractivity contribution in [2.24, 2.45) is 0 Å². The fraction of sp³-hybridized carbons (Fsp3) is 0.174. The first-order chi connectivity index (χ1) is 15.7. The summed E-state index contributed by atoms with van der Waals surface area (Å²) < 4.78 is 56.6. The van der Waals surface area contributed by atoms with Gasteiger partial charge in [-0.05, 0) is 48.0 Å². The smallest absolute Gasteiger partial charge is 0.340 e. The molecule has 0 radical (unpaired) electrons. The summed E-state index contributed by atoms with van der Waals surface area (Å²) in [5, 5.41) is 0.0137. The number of esters is 1. The summed E-state index contributed by atoms with van der Waals surface area (Å²) in [5.74, 6) is -1.03. The normalized spacial score (nSPS) is 11.1. The molecule has 0 unspecified atom stereocenters. The minimum atomic E-state index is -4.05. The molecule has 0 atom stereocenters. The maximum atomic E-state index is 13.8. The van der Waals surface area contributed by atoms with E-state index in [9.17, 15) is 17.6 Å². The lowest BCUT2D eigenvalue weighted by atomic mass is 10.2. The number of anilines is 1. The molecule has 0 aliphatic carbocycles. The van der Waals surface area contributed by atoms with Crippen LogP contribution in [0, 0.1) is 5.82 Å². The van der Waals surface area contributed by atoms with Crippen LogP contribution in [0.3, 0.4) is 0 Å². The van der Waals surface area contributed by atoms with Crippen molar-refractivity contribution in [2.45, 2.75) is 11.5 Å². The summed E-state index contributed by atoms with van der Waals surface area (Å²) in [6, 6.07) is 14.5. The molecule has 3 aromatic rings. The summed E-state index contributed by atoms with van der Waals surface area (Å²) in [5.41, 5.74) is 0.568. The van der Waals surface area contributed by atoms with Crippen LogP contribution in [0.5, 0.6) is 11.5 Å². The van der Waals surface area contributed by atoms with Crippen molar-refractivity contribution in [1.82, 2.24) is 0 Å². The van der Waals surface area contributed by atoms with Crippen LogP contribution in [0.25, 0.3) is 0 Å². The zero-order chi connectivity index (χ0) is 24.2. The van der Waals surface area contributed by atoms with E-state index in [1.807, 2.05) is 0 Å². The molecule has 3 aromatic carbocycles. The Bertz CT molecular complexity index is 1280. The molecule has 33 heavy (non-hydrogen) atoms. The minimum absolute atomic E-state index is 0.0137. The number of carbonyl (C=O) groups is 1. The van der Waals surface area contributed by atoms with E-state index < -0.39 is 21.8 Å². The highest BCUT2D eigenvalue weighted by Gasteiger charge is 2.26. The molecule has 0 heterocycles. The minimum Gasteiger partial charge on any atom is -0.495 e. The second-order valence-electron chi connectivity index (χ2n) is 6.83. The molecule has 0 saturated heterocycles. The molecule has 7 nitrogen and oxygen atoms in total. The third kappa shape index (κ3) is 5.20. The number of benzene rings is 3. The summed E-state index contributed by atoms with van der Waals surface area (Å²) in [6.45, 7) is -0.242. The zero-order valence-electron chi connectivity index (χ0n) is 18.0. The molecule has 0 spiro atoms. The highest BCUT2D eigenvalue weighted by molar-refractivity contribution is 7.92. The van der Waals surface area contributed by atoms with Gasteiger partial charge in [-0.1, -0.05) is 29.8 Å². The van der Waals surface area contributed by atoms with Gasteiger partial charge in [0.05, 0.1) is 35.4 Å². The van der Waals surface area contributed by atoms with Gasteiger partial charge >= 0.3 is 5.97 Å². The van der Waals surface area contributed by atoms with E-state index >= 15 is 0 Å². The van der Waals surface area contributed by atoms with Gasteiger partial charge in [-0.3, -0.25) is 4.31 Å². The average molecular weight is 494 g/mol. The summed E-state index contributed by atoms with van der Waals surface area (Å²) in [6.07, 6.45) is 0. The maximum absolute atomic E-state index is 13.8. The van der Waals surface area contributed by atoms with Gasteiger partial charge in [0.1, 0.15) is 12.4 Å². The van der Waals surface area contributed by atoms with Crippen LogP contribution < -0.4 is 13.8 Å². The van der Waals surface area contributed by atoms with E-state index in [4.69, 9.17) is 25.8 Å². The molecule has 0 aliphatic heterocycles. The van der Waals surface area contributed by atoms with Crippen molar-refractivity contribution >= 4 is 33.3 Å². The van der Waals surface area contributed by atoms with Gasteiger partial charge in [-0.15, -0.1) is 0 Å². The maximum Gasteiger partial charge on any atom is 0.340 e. The second-order valence-corrected chi connectivity index (χ2v) is 9.21.